The predicted octanol–water partition coefficient (Wildman–Crippen LogP) is 2.27. The molecule has 0 amide bonds. The quantitative estimate of drug-likeness (QED) is 0.790. The Morgan fingerprint density at radius 2 is 2.20 bits per heavy atom. The van der Waals surface area contributed by atoms with E-state index in [9.17, 15) is 0 Å². The minimum Gasteiger partial charge on any atom is -0.368 e. The van der Waals surface area contributed by atoms with E-state index >= 15 is 0 Å². The van der Waals surface area contributed by atoms with Gasteiger partial charge in [-0.05, 0) is 45.3 Å². The van der Waals surface area contributed by atoms with Crippen molar-refractivity contribution in [3.8, 4) is 0 Å². The molecular formula is C18H25N7. The second-order valence-corrected chi connectivity index (χ2v) is 7.03. The highest BCUT2D eigenvalue weighted by Gasteiger charge is 2.32. The second kappa shape index (κ2) is 6.48. The molecule has 3 aromatic rings. The first-order chi connectivity index (χ1) is 12.1. The molecule has 0 bridgehead atoms. The Balaban J connectivity index is 1.57. The van der Waals surface area contributed by atoms with Gasteiger partial charge in [0, 0.05) is 32.2 Å². The Hall–Kier alpha value is -2.41. The third-order valence-corrected chi connectivity index (χ3v) is 5.21. The molecule has 25 heavy (non-hydrogen) atoms. The molecule has 7 nitrogen and oxygen atoms in total. The van der Waals surface area contributed by atoms with Gasteiger partial charge in [0.05, 0.1) is 23.8 Å². The molecule has 7 heteroatoms. The highest BCUT2D eigenvalue weighted by molar-refractivity contribution is 5.67. The molecule has 2 atom stereocenters. The number of nitrogens with one attached hydrogen (secondary N) is 1. The molecule has 1 N–H and O–H groups in total. The number of aromatic nitrogens is 5. The summed E-state index contributed by atoms with van der Waals surface area (Å²) in [4.78, 5) is 11.3. The average molecular weight is 339 g/mol. The smallest absolute Gasteiger partial charge is 0.152 e. The van der Waals surface area contributed by atoms with Crippen LogP contribution in [0.2, 0.25) is 0 Å². The van der Waals surface area contributed by atoms with Crippen LogP contribution in [-0.4, -0.2) is 49.2 Å². The number of anilines is 1. The molecule has 3 aromatic heterocycles. The molecule has 4 heterocycles. The summed E-state index contributed by atoms with van der Waals surface area (Å²) in [5.74, 6) is 1.42. The zero-order chi connectivity index (χ0) is 17.4. The van der Waals surface area contributed by atoms with Crippen LogP contribution in [0.4, 0.5) is 5.82 Å². The van der Waals surface area contributed by atoms with Crippen molar-refractivity contribution in [3.63, 3.8) is 0 Å². The molecule has 1 fully saturated rings. The van der Waals surface area contributed by atoms with Gasteiger partial charge in [-0.2, -0.15) is 5.10 Å². The van der Waals surface area contributed by atoms with E-state index in [-0.39, 0.29) is 0 Å². The largest absolute Gasteiger partial charge is 0.368 e. The maximum absolute atomic E-state index is 4.53. The first kappa shape index (κ1) is 16.1. The van der Waals surface area contributed by atoms with Crippen LogP contribution >= 0.6 is 0 Å². The Kier molecular flexibility index (Phi) is 4.17. The lowest BCUT2D eigenvalue weighted by Crippen LogP contribution is -2.39. The van der Waals surface area contributed by atoms with Gasteiger partial charge in [0.15, 0.2) is 5.82 Å². The Bertz CT molecular complexity index is 865. The molecule has 0 aromatic carbocycles. The normalized spacial score (nSPS) is 21.7. The molecule has 0 unspecified atom stereocenters. The van der Waals surface area contributed by atoms with Gasteiger partial charge in [-0.3, -0.25) is 4.90 Å². The number of fused-ring (bicyclic) bond motifs is 1. The van der Waals surface area contributed by atoms with Gasteiger partial charge in [-0.1, -0.05) is 0 Å². The highest BCUT2D eigenvalue weighted by atomic mass is 15.2. The standard InChI is InChI=1S/C18H25N7/c1-13-9-15-18(20-6-8-25(15)22-13)21-10-14-5-4-7-23(2)17(14)16-11-19-12-24(16)3/h6,8-9,11-12,14,17H,4-5,7,10H2,1-3H3,(H,20,21)/t14-,17+/m0/s1. The highest BCUT2D eigenvalue weighted by Crippen LogP contribution is 2.35. The number of nitrogens with zero attached hydrogens (tertiary/aromatic N) is 6. The third kappa shape index (κ3) is 3.00. The van der Waals surface area contributed by atoms with E-state index in [0.717, 1.165) is 30.1 Å². The van der Waals surface area contributed by atoms with Crippen LogP contribution in [0.25, 0.3) is 5.52 Å². The second-order valence-electron chi connectivity index (χ2n) is 7.03. The van der Waals surface area contributed by atoms with Gasteiger partial charge in [0.2, 0.25) is 0 Å². The summed E-state index contributed by atoms with van der Waals surface area (Å²) in [7, 11) is 4.29. The summed E-state index contributed by atoms with van der Waals surface area (Å²) in [6.07, 6.45) is 10.0. The van der Waals surface area contributed by atoms with Crippen LogP contribution in [-0.2, 0) is 7.05 Å². The van der Waals surface area contributed by atoms with E-state index in [1.165, 1.54) is 18.5 Å². The summed E-state index contributed by atoms with van der Waals surface area (Å²) in [6, 6.07) is 2.45. The topological polar surface area (TPSA) is 63.3 Å². The van der Waals surface area contributed by atoms with E-state index in [1.54, 1.807) is 6.20 Å². The fourth-order valence-electron chi connectivity index (χ4n) is 4.00. The number of aryl methyl sites for hydroxylation is 2. The summed E-state index contributed by atoms with van der Waals surface area (Å²) in [5.41, 5.74) is 3.31. The zero-order valence-corrected chi connectivity index (χ0v) is 15.1. The Morgan fingerprint density at radius 3 is 3.00 bits per heavy atom. The molecule has 1 saturated heterocycles. The lowest BCUT2D eigenvalue weighted by molar-refractivity contribution is 0.122. The summed E-state index contributed by atoms with van der Waals surface area (Å²) in [6.45, 7) is 4.02. The van der Waals surface area contributed by atoms with Crippen molar-refractivity contribution in [1.82, 2.24) is 29.0 Å². The average Bonchev–Trinajstić information content (AvgIpc) is 3.18. The predicted molar refractivity (Wildman–Crippen MR) is 97.5 cm³/mol. The van der Waals surface area contributed by atoms with E-state index in [2.05, 4.69) is 50.0 Å². The maximum atomic E-state index is 4.53. The molecule has 0 saturated carbocycles. The molecule has 0 spiro atoms. The van der Waals surface area contributed by atoms with Crippen molar-refractivity contribution >= 4 is 11.3 Å². The maximum Gasteiger partial charge on any atom is 0.152 e. The molecule has 1 aliphatic heterocycles. The van der Waals surface area contributed by atoms with Crippen molar-refractivity contribution in [3.05, 3.63) is 42.4 Å². The fourth-order valence-corrected chi connectivity index (χ4v) is 4.00. The van der Waals surface area contributed by atoms with Crippen LogP contribution in [0.15, 0.2) is 31.0 Å². The van der Waals surface area contributed by atoms with E-state index in [1.807, 2.05) is 30.2 Å². The lowest BCUT2D eigenvalue weighted by atomic mass is 9.87. The summed E-state index contributed by atoms with van der Waals surface area (Å²) < 4.78 is 4.02. The molecule has 0 aliphatic carbocycles. The molecule has 1 aliphatic rings. The number of piperidine rings is 1. The molecule has 4 rings (SSSR count). The van der Waals surface area contributed by atoms with Crippen LogP contribution in [0.5, 0.6) is 0 Å². The number of hydrogen-bond acceptors (Lipinski definition) is 5. The molecule has 132 valence electrons. The van der Waals surface area contributed by atoms with Gasteiger partial charge in [0.1, 0.15) is 5.52 Å². The number of imidazole rings is 1. The van der Waals surface area contributed by atoms with Gasteiger partial charge in [-0.25, -0.2) is 14.5 Å². The van der Waals surface area contributed by atoms with Gasteiger partial charge in [-0.15, -0.1) is 0 Å². The van der Waals surface area contributed by atoms with Gasteiger partial charge in [0.25, 0.3) is 0 Å². The molecule has 0 radical (unpaired) electrons. The van der Waals surface area contributed by atoms with Crippen molar-refractivity contribution < 1.29 is 0 Å². The van der Waals surface area contributed by atoms with Crippen molar-refractivity contribution in [1.29, 1.82) is 0 Å². The van der Waals surface area contributed by atoms with Crippen LogP contribution in [0.1, 0.15) is 30.3 Å². The fraction of sp³-hybridized carbons (Fsp3) is 0.500. The monoisotopic (exact) mass is 339 g/mol. The van der Waals surface area contributed by atoms with Crippen LogP contribution in [0.3, 0.4) is 0 Å². The zero-order valence-electron chi connectivity index (χ0n) is 15.1. The van der Waals surface area contributed by atoms with E-state index in [4.69, 9.17) is 0 Å². The van der Waals surface area contributed by atoms with Gasteiger partial charge >= 0.3 is 0 Å². The Morgan fingerprint density at radius 1 is 1.32 bits per heavy atom. The first-order valence-electron chi connectivity index (χ1n) is 8.85. The number of likely N-dealkylation sites (tertiary alicyclic amines) is 1. The van der Waals surface area contributed by atoms with Gasteiger partial charge < -0.3 is 9.88 Å². The van der Waals surface area contributed by atoms with Crippen LogP contribution < -0.4 is 5.32 Å². The number of hydrogen-bond donors (Lipinski definition) is 1. The minimum atomic E-state index is 0.375. The summed E-state index contributed by atoms with van der Waals surface area (Å²) in [5, 5.41) is 8.04. The van der Waals surface area contributed by atoms with Crippen LogP contribution in [0, 0.1) is 12.8 Å². The van der Waals surface area contributed by atoms with Crippen molar-refractivity contribution in [2.24, 2.45) is 13.0 Å². The first-order valence-corrected chi connectivity index (χ1v) is 8.85. The SMILES string of the molecule is Cc1cc2c(NC[C@@H]3CCCN(C)[C@H]3c3cncn3C)nccn2n1. The third-order valence-electron chi connectivity index (χ3n) is 5.21. The molecular weight excluding hydrogens is 314 g/mol. The Labute approximate surface area is 147 Å². The summed E-state index contributed by atoms with van der Waals surface area (Å²) >= 11 is 0. The lowest BCUT2D eigenvalue weighted by Gasteiger charge is -2.39. The van der Waals surface area contributed by atoms with E-state index in [0.29, 0.717) is 12.0 Å². The minimum absolute atomic E-state index is 0.375. The van der Waals surface area contributed by atoms with Crippen molar-refractivity contribution in [2.75, 3.05) is 25.5 Å². The van der Waals surface area contributed by atoms with Crippen molar-refractivity contribution in [2.45, 2.75) is 25.8 Å². The number of rotatable bonds is 4. The van der Waals surface area contributed by atoms with E-state index < -0.39 is 0 Å².